The van der Waals surface area contributed by atoms with E-state index in [-0.39, 0.29) is 29.0 Å². The van der Waals surface area contributed by atoms with E-state index in [1.54, 1.807) is 54.9 Å². The molecule has 0 atom stereocenters. The molecule has 0 radical (unpaired) electrons. The molecule has 2 amide bonds. The second-order valence-corrected chi connectivity index (χ2v) is 9.41. The Labute approximate surface area is 234 Å². The molecule has 10 heteroatoms. The van der Waals surface area contributed by atoms with Crippen LogP contribution in [0.4, 0.5) is 20.2 Å². The highest BCUT2D eigenvalue weighted by molar-refractivity contribution is 6.15. The molecule has 0 bridgehead atoms. The molecule has 2 N–H and O–H groups in total. The van der Waals surface area contributed by atoms with Crippen LogP contribution < -0.4 is 10.2 Å². The van der Waals surface area contributed by atoms with E-state index in [0.717, 1.165) is 5.82 Å². The molecule has 0 saturated carbocycles. The number of anilines is 2. The van der Waals surface area contributed by atoms with Gasteiger partial charge in [0.1, 0.15) is 5.82 Å². The number of hydrogen-bond acceptors (Lipinski definition) is 4. The van der Waals surface area contributed by atoms with Crippen molar-refractivity contribution in [3.05, 3.63) is 114 Å². The third-order valence-electron chi connectivity index (χ3n) is 6.89. The maximum atomic E-state index is 15.1. The molecule has 2 heterocycles. The summed E-state index contributed by atoms with van der Waals surface area (Å²) in [6, 6.07) is 19.3. The van der Waals surface area contributed by atoms with Gasteiger partial charge in [0, 0.05) is 49.0 Å². The fourth-order valence-electron chi connectivity index (χ4n) is 4.96. The molecular weight excluding hydrogens is 530 g/mol. The van der Waals surface area contributed by atoms with Crippen LogP contribution in [0.3, 0.4) is 0 Å². The number of nitrogens with zero attached hydrogens (tertiary/aromatic N) is 3. The Kier molecular flexibility index (Phi) is 7.47. The van der Waals surface area contributed by atoms with Crippen molar-refractivity contribution in [2.75, 3.05) is 16.8 Å². The van der Waals surface area contributed by atoms with Crippen molar-refractivity contribution in [3.63, 3.8) is 0 Å². The minimum absolute atomic E-state index is 0.0479. The van der Waals surface area contributed by atoms with E-state index in [1.165, 1.54) is 29.2 Å². The van der Waals surface area contributed by atoms with Crippen molar-refractivity contribution in [3.8, 4) is 5.69 Å². The van der Waals surface area contributed by atoms with Crippen LogP contribution in [0.1, 0.15) is 45.4 Å². The predicted octanol–water partition coefficient (Wildman–Crippen LogP) is 5.84. The maximum Gasteiger partial charge on any atom is 0.328 e. The Morgan fingerprint density at radius 1 is 0.976 bits per heavy atom. The molecule has 8 nitrogen and oxygen atoms in total. The second-order valence-electron chi connectivity index (χ2n) is 9.41. The first kappa shape index (κ1) is 27.4. The molecule has 0 aliphatic carbocycles. The van der Waals surface area contributed by atoms with Crippen LogP contribution in [0.25, 0.3) is 11.3 Å². The van der Waals surface area contributed by atoms with Crippen molar-refractivity contribution in [2.45, 2.75) is 25.7 Å². The summed E-state index contributed by atoms with van der Waals surface area (Å²) < 4.78 is 32.1. The Balaban J connectivity index is 1.51. The number of rotatable bonds is 6. The average molecular weight is 557 g/mol. The smallest absolute Gasteiger partial charge is 0.328 e. The molecule has 4 aromatic rings. The standard InChI is InChI=1S/C31H26F2N4O4/c1-2-27-34-16-18-36(27)26-14-8-5-11-22(26)29(40)35-24-12-6-3-10-21(24)30(41)37-17-15-31(32,33)23(19-28(38)39)20-9-4-7-13-25(20)37/h3-14,16,18-19H,2,15,17H2,1H3,(H,35,40)(H,38,39). The zero-order valence-corrected chi connectivity index (χ0v) is 22.1. The molecule has 1 aromatic heterocycles. The summed E-state index contributed by atoms with van der Waals surface area (Å²) in [4.78, 5) is 44.4. The van der Waals surface area contributed by atoms with Gasteiger partial charge in [0.05, 0.1) is 28.2 Å². The number of fused-ring (bicyclic) bond motifs is 1. The number of halogens is 2. The Hall–Kier alpha value is -5.12. The molecule has 0 saturated heterocycles. The van der Waals surface area contributed by atoms with Crippen LogP contribution in [0.5, 0.6) is 0 Å². The van der Waals surface area contributed by atoms with Gasteiger partial charge in [-0.05, 0) is 30.3 Å². The maximum absolute atomic E-state index is 15.1. The van der Waals surface area contributed by atoms with Crippen molar-refractivity contribution in [2.24, 2.45) is 0 Å². The van der Waals surface area contributed by atoms with Crippen molar-refractivity contribution >= 4 is 34.7 Å². The summed E-state index contributed by atoms with van der Waals surface area (Å²) in [5.74, 6) is -5.30. The summed E-state index contributed by atoms with van der Waals surface area (Å²) in [6.45, 7) is 1.59. The summed E-state index contributed by atoms with van der Waals surface area (Å²) in [5.41, 5.74) is 0.705. The SMILES string of the molecule is CCc1nccn1-c1ccccc1C(=O)Nc1ccccc1C(=O)N1CCC(F)(F)C(=CC(=O)O)c2ccccc21. The van der Waals surface area contributed by atoms with Gasteiger partial charge in [-0.25, -0.2) is 18.6 Å². The van der Waals surface area contributed by atoms with Gasteiger partial charge >= 0.3 is 5.97 Å². The van der Waals surface area contributed by atoms with Crippen LogP contribution in [0.15, 0.2) is 91.3 Å². The van der Waals surface area contributed by atoms with E-state index >= 15 is 8.78 Å². The molecule has 0 unspecified atom stereocenters. The Morgan fingerprint density at radius 3 is 2.37 bits per heavy atom. The highest BCUT2D eigenvalue weighted by Gasteiger charge is 2.41. The number of aromatic nitrogens is 2. The van der Waals surface area contributed by atoms with Crippen LogP contribution in [-0.2, 0) is 11.2 Å². The highest BCUT2D eigenvalue weighted by atomic mass is 19.3. The van der Waals surface area contributed by atoms with Gasteiger partial charge in [0.25, 0.3) is 17.7 Å². The number of para-hydroxylation sites is 3. The van der Waals surface area contributed by atoms with Gasteiger partial charge in [-0.1, -0.05) is 49.4 Å². The number of imidazole rings is 1. The number of hydrogen-bond donors (Lipinski definition) is 2. The summed E-state index contributed by atoms with van der Waals surface area (Å²) >= 11 is 0. The first-order chi connectivity index (χ1) is 19.7. The molecule has 5 rings (SSSR count). The Morgan fingerprint density at radius 2 is 1.63 bits per heavy atom. The molecular formula is C31H26F2N4O4. The van der Waals surface area contributed by atoms with Gasteiger partial charge < -0.3 is 19.9 Å². The average Bonchev–Trinajstić information content (AvgIpc) is 3.41. The number of aryl methyl sites for hydroxylation is 1. The molecule has 3 aromatic carbocycles. The van der Waals surface area contributed by atoms with Crippen LogP contribution in [-0.4, -0.2) is 44.9 Å². The first-order valence-electron chi connectivity index (χ1n) is 13.0. The zero-order valence-electron chi connectivity index (χ0n) is 22.1. The second kappa shape index (κ2) is 11.2. The largest absolute Gasteiger partial charge is 0.478 e. The topological polar surface area (TPSA) is 105 Å². The number of nitrogens with one attached hydrogen (secondary N) is 1. The molecule has 0 spiro atoms. The number of carbonyl (C=O) groups excluding carboxylic acids is 2. The minimum atomic E-state index is -3.48. The number of carbonyl (C=O) groups is 3. The van der Waals surface area contributed by atoms with E-state index in [4.69, 9.17) is 0 Å². The molecule has 1 aliphatic heterocycles. The lowest BCUT2D eigenvalue weighted by Gasteiger charge is -2.24. The van der Waals surface area contributed by atoms with E-state index < -0.39 is 35.7 Å². The van der Waals surface area contributed by atoms with Crippen LogP contribution in [0, 0.1) is 0 Å². The van der Waals surface area contributed by atoms with E-state index in [1.807, 2.05) is 17.6 Å². The van der Waals surface area contributed by atoms with Gasteiger partial charge in [0.2, 0.25) is 0 Å². The quantitative estimate of drug-likeness (QED) is 0.291. The monoisotopic (exact) mass is 556 g/mol. The van der Waals surface area contributed by atoms with Crippen molar-refractivity contribution in [1.29, 1.82) is 0 Å². The van der Waals surface area contributed by atoms with Gasteiger partial charge in [0.15, 0.2) is 0 Å². The molecule has 1 aliphatic rings. The normalized spacial score (nSPS) is 15.2. The molecule has 208 valence electrons. The fourth-order valence-corrected chi connectivity index (χ4v) is 4.96. The summed E-state index contributed by atoms with van der Waals surface area (Å²) in [5, 5.41) is 12.1. The number of amides is 2. The van der Waals surface area contributed by atoms with Crippen molar-refractivity contribution in [1.82, 2.24) is 9.55 Å². The van der Waals surface area contributed by atoms with E-state index in [0.29, 0.717) is 23.7 Å². The van der Waals surface area contributed by atoms with Crippen molar-refractivity contribution < 1.29 is 28.3 Å². The number of carboxylic acids is 1. The third kappa shape index (κ3) is 5.36. The number of alkyl halides is 2. The number of benzene rings is 3. The lowest BCUT2D eigenvalue weighted by molar-refractivity contribution is -0.131. The summed E-state index contributed by atoms with van der Waals surface area (Å²) in [6.07, 6.45) is 3.78. The van der Waals surface area contributed by atoms with E-state index in [2.05, 4.69) is 10.3 Å². The highest BCUT2D eigenvalue weighted by Crippen LogP contribution is 2.43. The fraction of sp³-hybridized carbons (Fsp3) is 0.161. The lowest BCUT2D eigenvalue weighted by Crippen LogP contribution is -2.34. The molecule has 41 heavy (non-hydrogen) atoms. The predicted molar refractivity (Wildman–Crippen MR) is 151 cm³/mol. The Bertz CT molecular complexity index is 1680. The summed E-state index contributed by atoms with van der Waals surface area (Å²) in [7, 11) is 0. The first-order valence-corrected chi connectivity index (χ1v) is 13.0. The molecule has 0 fully saturated rings. The number of aliphatic carboxylic acids is 1. The number of carboxylic acid groups (broad SMARTS) is 1. The van der Waals surface area contributed by atoms with Crippen LogP contribution in [0.2, 0.25) is 0 Å². The van der Waals surface area contributed by atoms with Gasteiger partial charge in [-0.3, -0.25) is 9.59 Å². The van der Waals surface area contributed by atoms with E-state index in [9.17, 15) is 19.5 Å². The third-order valence-corrected chi connectivity index (χ3v) is 6.89. The van der Waals surface area contributed by atoms with Crippen LogP contribution >= 0.6 is 0 Å². The van der Waals surface area contributed by atoms with Gasteiger partial charge in [-0.2, -0.15) is 0 Å². The van der Waals surface area contributed by atoms with Gasteiger partial charge in [-0.15, -0.1) is 0 Å². The minimum Gasteiger partial charge on any atom is -0.478 e. The lowest BCUT2D eigenvalue weighted by atomic mass is 9.97. The zero-order chi connectivity index (χ0) is 29.1. The number of allylic oxidation sites excluding steroid dienone is 1.